The van der Waals surface area contributed by atoms with E-state index in [1.807, 2.05) is 0 Å². The lowest BCUT2D eigenvalue weighted by Gasteiger charge is -2.18. The second-order valence-corrected chi connectivity index (χ2v) is 8.40. The molecule has 10 heteroatoms. The van der Waals surface area contributed by atoms with E-state index in [2.05, 4.69) is 5.32 Å². The molecule has 0 bridgehead atoms. The Balaban J connectivity index is 1.95. The van der Waals surface area contributed by atoms with Gasteiger partial charge >= 0.3 is 5.97 Å². The van der Waals surface area contributed by atoms with Crippen LogP contribution in [0, 0.1) is 0 Å². The molecule has 1 N–H and O–H groups in total. The number of hydrogen-bond donors (Lipinski definition) is 1. The van der Waals surface area contributed by atoms with E-state index in [9.17, 15) is 22.8 Å². The minimum Gasteiger partial charge on any atom is -0.463 e. The molecule has 2 heterocycles. The van der Waals surface area contributed by atoms with Gasteiger partial charge in [-0.25, -0.2) is 13.2 Å². The number of nitrogens with zero attached hydrogens (tertiary/aromatic N) is 1. The van der Waals surface area contributed by atoms with Gasteiger partial charge in [-0.2, -0.15) is 0 Å². The fourth-order valence-corrected chi connectivity index (χ4v) is 4.91. The third kappa shape index (κ3) is 4.96. The Morgan fingerprint density at radius 2 is 2.22 bits per heavy atom. The van der Waals surface area contributed by atoms with Crippen LogP contribution in [0.25, 0.3) is 0 Å². The van der Waals surface area contributed by atoms with E-state index in [1.165, 1.54) is 11.0 Å². The molecule has 2 rings (SSSR count). The molecule has 2 aliphatic heterocycles. The zero-order chi connectivity index (χ0) is 17.0. The second kappa shape index (κ2) is 7.35. The summed E-state index contributed by atoms with van der Waals surface area (Å²) in [5.41, 5.74) is 0. The van der Waals surface area contributed by atoms with Crippen molar-refractivity contribution in [2.24, 2.45) is 0 Å². The Bertz CT molecular complexity index is 643. The highest BCUT2D eigenvalue weighted by atomic mass is 32.2. The molecular weight excluding hydrogens is 344 g/mol. The van der Waals surface area contributed by atoms with Gasteiger partial charge in [-0.1, -0.05) is 11.8 Å². The lowest BCUT2D eigenvalue weighted by atomic mass is 10.2. The van der Waals surface area contributed by atoms with Gasteiger partial charge in [-0.3, -0.25) is 14.5 Å². The fraction of sp³-hybridized carbons (Fsp3) is 0.615. The van der Waals surface area contributed by atoms with Crippen molar-refractivity contribution in [3.63, 3.8) is 0 Å². The average molecular weight is 362 g/mol. The Labute approximate surface area is 138 Å². The molecule has 0 aromatic rings. The summed E-state index contributed by atoms with van der Waals surface area (Å²) in [5.74, 6) is -1.16. The summed E-state index contributed by atoms with van der Waals surface area (Å²) in [7, 11) is -3.08. The van der Waals surface area contributed by atoms with E-state index in [0.717, 1.165) is 11.8 Å². The zero-order valence-electron chi connectivity index (χ0n) is 12.6. The van der Waals surface area contributed by atoms with Crippen molar-refractivity contribution in [1.29, 1.82) is 0 Å². The number of hydrogen-bond acceptors (Lipinski definition) is 7. The van der Waals surface area contributed by atoms with E-state index >= 15 is 0 Å². The summed E-state index contributed by atoms with van der Waals surface area (Å²) in [4.78, 5) is 36.5. The minimum atomic E-state index is -3.08. The Morgan fingerprint density at radius 3 is 2.83 bits per heavy atom. The second-order valence-electron chi connectivity index (χ2n) is 5.17. The van der Waals surface area contributed by atoms with Crippen LogP contribution in [-0.4, -0.2) is 67.6 Å². The van der Waals surface area contributed by atoms with Gasteiger partial charge < -0.3 is 10.1 Å². The summed E-state index contributed by atoms with van der Waals surface area (Å²) >= 11 is 1.16. The molecule has 2 aliphatic rings. The van der Waals surface area contributed by atoms with Crippen LogP contribution in [0.15, 0.2) is 11.1 Å². The van der Waals surface area contributed by atoms with E-state index < -0.39 is 27.8 Å². The molecule has 0 saturated carbocycles. The summed E-state index contributed by atoms with van der Waals surface area (Å²) in [6, 6.07) is -0.421. The van der Waals surface area contributed by atoms with Crippen LogP contribution in [0.1, 0.15) is 13.3 Å². The van der Waals surface area contributed by atoms with Gasteiger partial charge in [0.25, 0.3) is 0 Å². The monoisotopic (exact) mass is 362 g/mol. The standard InChI is InChI=1S/C13H18N2O6S2/c1-2-21-13(18)5-12-15(11(17)7-22-12)6-10(16)14-9-3-4-23(19,20)8-9/h5,9H,2-4,6-8H2,1H3,(H,14,16). The maximum absolute atomic E-state index is 12.0. The molecular formula is C13H18N2O6S2. The Hall–Kier alpha value is -1.55. The highest BCUT2D eigenvalue weighted by Gasteiger charge is 2.32. The molecule has 2 amide bonds. The number of carbonyl (C=O) groups excluding carboxylic acids is 3. The van der Waals surface area contributed by atoms with Crippen LogP contribution >= 0.6 is 11.8 Å². The number of nitrogens with one attached hydrogen (secondary N) is 1. The van der Waals surface area contributed by atoms with Gasteiger partial charge in [-0.15, -0.1) is 0 Å². The summed E-state index contributed by atoms with van der Waals surface area (Å²) in [5, 5.41) is 2.98. The van der Waals surface area contributed by atoms with Crippen molar-refractivity contribution < 1.29 is 27.5 Å². The molecule has 0 aromatic carbocycles. The topological polar surface area (TPSA) is 110 Å². The van der Waals surface area contributed by atoms with Gasteiger partial charge in [0, 0.05) is 6.04 Å². The first-order valence-electron chi connectivity index (χ1n) is 7.12. The first-order valence-corrected chi connectivity index (χ1v) is 9.93. The molecule has 0 spiro atoms. The normalized spacial score (nSPS) is 24.9. The molecule has 23 heavy (non-hydrogen) atoms. The van der Waals surface area contributed by atoms with E-state index in [-0.39, 0.29) is 36.3 Å². The SMILES string of the molecule is CCOC(=O)C=C1SCC(=O)N1CC(=O)NC1CCS(=O)(=O)C1. The molecule has 0 radical (unpaired) electrons. The molecule has 2 fully saturated rings. The van der Waals surface area contributed by atoms with Crippen molar-refractivity contribution in [3.05, 3.63) is 11.1 Å². The Kier molecular flexibility index (Phi) is 5.69. The highest BCUT2D eigenvalue weighted by molar-refractivity contribution is 8.04. The number of amides is 2. The van der Waals surface area contributed by atoms with Gasteiger partial charge in [0.15, 0.2) is 9.84 Å². The third-order valence-electron chi connectivity index (χ3n) is 3.34. The predicted molar refractivity (Wildman–Crippen MR) is 84.1 cm³/mol. The number of carbonyl (C=O) groups is 3. The zero-order valence-corrected chi connectivity index (χ0v) is 14.2. The molecule has 1 unspecified atom stereocenters. The Morgan fingerprint density at radius 1 is 1.48 bits per heavy atom. The maximum Gasteiger partial charge on any atom is 0.333 e. The number of sulfone groups is 1. The van der Waals surface area contributed by atoms with E-state index in [4.69, 9.17) is 4.74 Å². The molecule has 2 saturated heterocycles. The highest BCUT2D eigenvalue weighted by Crippen LogP contribution is 2.28. The minimum absolute atomic E-state index is 0.0600. The van der Waals surface area contributed by atoms with Crippen molar-refractivity contribution in [2.75, 3.05) is 30.4 Å². The number of ether oxygens (including phenoxy) is 1. The van der Waals surface area contributed by atoms with Crippen LogP contribution in [0.3, 0.4) is 0 Å². The fourth-order valence-electron chi connectivity index (χ4n) is 2.31. The van der Waals surface area contributed by atoms with Crippen LogP contribution in [0.4, 0.5) is 0 Å². The largest absolute Gasteiger partial charge is 0.463 e. The van der Waals surface area contributed by atoms with Crippen LogP contribution in [0.2, 0.25) is 0 Å². The van der Waals surface area contributed by atoms with Gasteiger partial charge in [0.1, 0.15) is 6.54 Å². The van der Waals surface area contributed by atoms with Gasteiger partial charge in [0.05, 0.1) is 35.0 Å². The summed E-state index contributed by atoms with van der Waals surface area (Å²) in [6.45, 7) is 1.65. The molecule has 8 nitrogen and oxygen atoms in total. The van der Waals surface area contributed by atoms with Gasteiger partial charge in [0.2, 0.25) is 11.8 Å². The van der Waals surface area contributed by atoms with Crippen molar-refractivity contribution >= 4 is 39.4 Å². The van der Waals surface area contributed by atoms with Crippen molar-refractivity contribution in [1.82, 2.24) is 10.2 Å². The molecule has 128 valence electrons. The predicted octanol–water partition coefficient (Wildman–Crippen LogP) is -0.730. The van der Waals surface area contributed by atoms with Crippen LogP contribution in [0.5, 0.6) is 0 Å². The number of thioether (sulfide) groups is 1. The van der Waals surface area contributed by atoms with E-state index in [1.54, 1.807) is 6.92 Å². The maximum atomic E-state index is 12.0. The lowest BCUT2D eigenvalue weighted by molar-refractivity contribution is -0.137. The molecule has 1 atom stereocenters. The summed E-state index contributed by atoms with van der Waals surface area (Å²) < 4.78 is 27.5. The average Bonchev–Trinajstić information content (AvgIpc) is 2.95. The lowest BCUT2D eigenvalue weighted by Crippen LogP contribution is -2.42. The van der Waals surface area contributed by atoms with E-state index in [0.29, 0.717) is 11.4 Å². The first kappa shape index (κ1) is 17.8. The number of esters is 1. The van der Waals surface area contributed by atoms with Crippen molar-refractivity contribution in [2.45, 2.75) is 19.4 Å². The van der Waals surface area contributed by atoms with Crippen molar-refractivity contribution in [3.8, 4) is 0 Å². The van der Waals surface area contributed by atoms with Crippen LogP contribution in [-0.2, 0) is 29.0 Å². The third-order valence-corrected chi connectivity index (χ3v) is 6.13. The molecule has 0 aliphatic carbocycles. The molecule has 0 aromatic heterocycles. The van der Waals surface area contributed by atoms with Gasteiger partial charge in [-0.05, 0) is 13.3 Å². The quantitative estimate of drug-likeness (QED) is 0.507. The first-order chi connectivity index (χ1) is 10.8. The number of rotatable bonds is 5. The van der Waals surface area contributed by atoms with Crippen LogP contribution < -0.4 is 5.32 Å². The smallest absolute Gasteiger partial charge is 0.333 e. The summed E-state index contributed by atoms with van der Waals surface area (Å²) in [6.07, 6.45) is 1.56.